The zero-order valence-electron chi connectivity index (χ0n) is 22.1. The number of urea groups is 2. The van der Waals surface area contributed by atoms with Gasteiger partial charge < -0.3 is 31.1 Å². The predicted octanol–water partition coefficient (Wildman–Crippen LogP) is 0.886. The third-order valence-electron chi connectivity index (χ3n) is 6.95. The number of β-lactam (4-membered cyclic amide) rings is 1. The Morgan fingerprint density at radius 2 is 1.93 bits per heavy atom. The molecule has 0 radical (unpaired) electrons. The van der Waals surface area contributed by atoms with Crippen LogP contribution in [0.3, 0.4) is 0 Å². The number of hydrogen-bond donors (Lipinski definition) is 6. The number of aromatic nitrogens is 4. The maximum absolute atomic E-state index is 13.5. The molecule has 1 aromatic carbocycles. The molecule has 5 atom stereocenters. The van der Waals surface area contributed by atoms with Crippen molar-refractivity contribution in [1.29, 1.82) is 0 Å². The standard InChI is InChI=1S/C22H25Cl2N9O7S2/c1-8(42-19-28-30-31-29-19)22(18(37)38)6-33-16(36)13(17(33)41-7-22)26-15(35)12(27-21(40)32(3)20(39)25-2)9-4-10(23)14(34)11(24)5-9/h4-5,8,12-13,17,34H,6-7H2,1-3H3,(H,25,39)(H,26,35)(H,27,40)(H,37,38)(H,28,29,30,31)/t8?,12?,13?,17-,22?/m1/s1. The van der Waals surface area contributed by atoms with Crippen LogP contribution < -0.4 is 16.0 Å². The maximum Gasteiger partial charge on any atom is 0.326 e. The highest BCUT2D eigenvalue weighted by Gasteiger charge is 2.59. The first-order chi connectivity index (χ1) is 19.8. The summed E-state index contributed by atoms with van der Waals surface area (Å²) in [7, 11) is 2.49. The molecule has 2 fully saturated rings. The number of nitrogens with one attached hydrogen (secondary N) is 4. The number of thioether (sulfide) groups is 2. The Kier molecular flexibility index (Phi) is 9.29. The van der Waals surface area contributed by atoms with E-state index in [9.17, 15) is 34.2 Å². The molecule has 6 N–H and O–H groups in total. The Bertz CT molecular complexity index is 1400. The molecule has 226 valence electrons. The van der Waals surface area contributed by atoms with E-state index in [2.05, 4.69) is 36.6 Å². The number of carbonyl (C=O) groups excluding carboxylic acids is 4. The summed E-state index contributed by atoms with van der Waals surface area (Å²) in [6, 6.07) is -1.81. The fourth-order valence-electron chi connectivity index (χ4n) is 4.39. The van der Waals surface area contributed by atoms with Crippen LogP contribution in [0.5, 0.6) is 5.75 Å². The molecule has 2 aliphatic rings. The highest BCUT2D eigenvalue weighted by molar-refractivity contribution is 8.01. The molecule has 2 saturated heterocycles. The number of fused-ring (bicyclic) bond motifs is 1. The number of benzene rings is 1. The van der Waals surface area contributed by atoms with Crippen LogP contribution in [-0.4, -0.2) is 114 Å². The van der Waals surface area contributed by atoms with E-state index in [0.717, 1.165) is 11.8 Å². The van der Waals surface area contributed by atoms with Crippen LogP contribution in [0.15, 0.2) is 17.3 Å². The van der Waals surface area contributed by atoms with Gasteiger partial charge in [0.15, 0.2) is 5.75 Å². The monoisotopic (exact) mass is 661 g/mol. The third-order valence-corrected chi connectivity index (χ3v) is 10.3. The van der Waals surface area contributed by atoms with Crippen LogP contribution in [-0.2, 0) is 14.4 Å². The first kappa shape index (κ1) is 31.5. The number of H-pyrrole nitrogens is 1. The smallest absolute Gasteiger partial charge is 0.326 e. The topological polar surface area (TPSA) is 223 Å². The zero-order chi connectivity index (χ0) is 30.9. The Balaban J connectivity index is 1.52. The molecule has 4 unspecified atom stereocenters. The molecule has 0 spiro atoms. The minimum atomic E-state index is -1.49. The third kappa shape index (κ3) is 5.88. The summed E-state index contributed by atoms with van der Waals surface area (Å²) in [5.74, 6) is -2.75. The second-order valence-corrected chi connectivity index (χ2v) is 12.7. The fraction of sp³-hybridized carbons (Fsp3) is 0.455. The number of phenolic OH excluding ortho intramolecular Hbond substituents is 1. The molecule has 42 heavy (non-hydrogen) atoms. The summed E-state index contributed by atoms with van der Waals surface area (Å²) in [4.78, 5) is 65.9. The number of rotatable bonds is 8. The van der Waals surface area contributed by atoms with E-state index in [0.29, 0.717) is 10.1 Å². The van der Waals surface area contributed by atoms with E-state index in [1.54, 1.807) is 6.92 Å². The van der Waals surface area contributed by atoms with Gasteiger partial charge in [-0.05, 0) is 28.1 Å². The average Bonchev–Trinajstić information content (AvgIpc) is 3.48. The van der Waals surface area contributed by atoms with Gasteiger partial charge in [-0.1, -0.05) is 41.9 Å². The van der Waals surface area contributed by atoms with Crippen molar-refractivity contribution in [1.82, 2.24) is 46.4 Å². The van der Waals surface area contributed by atoms with E-state index in [1.165, 1.54) is 42.9 Å². The maximum atomic E-state index is 13.5. The van der Waals surface area contributed by atoms with Crippen molar-refractivity contribution in [3.05, 3.63) is 27.7 Å². The highest BCUT2D eigenvalue weighted by atomic mass is 35.5. The van der Waals surface area contributed by atoms with Crippen LogP contribution in [0.4, 0.5) is 9.59 Å². The lowest BCUT2D eigenvalue weighted by Gasteiger charge is -2.55. The number of carbonyl (C=O) groups is 5. The zero-order valence-corrected chi connectivity index (χ0v) is 25.3. The largest absolute Gasteiger partial charge is 0.505 e. The molecule has 20 heteroatoms. The summed E-state index contributed by atoms with van der Waals surface area (Å²) < 4.78 is 0. The summed E-state index contributed by atoms with van der Waals surface area (Å²) in [5, 5.41) is 39.6. The summed E-state index contributed by atoms with van der Waals surface area (Å²) >= 11 is 14.4. The molecule has 6 amide bonds. The molecule has 4 rings (SSSR count). The Morgan fingerprint density at radius 1 is 1.26 bits per heavy atom. The van der Waals surface area contributed by atoms with Gasteiger partial charge in [0.2, 0.25) is 17.0 Å². The summed E-state index contributed by atoms with van der Waals surface area (Å²) in [5.41, 5.74) is -1.26. The van der Waals surface area contributed by atoms with Crippen LogP contribution in [0.1, 0.15) is 18.5 Å². The van der Waals surface area contributed by atoms with Crippen LogP contribution in [0.25, 0.3) is 0 Å². The lowest BCUT2D eigenvalue weighted by atomic mass is 9.84. The van der Waals surface area contributed by atoms with E-state index in [1.807, 2.05) is 0 Å². The van der Waals surface area contributed by atoms with Crippen molar-refractivity contribution in [2.75, 3.05) is 26.4 Å². The number of hydrogen-bond acceptors (Lipinski definition) is 11. The van der Waals surface area contributed by atoms with E-state index >= 15 is 0 Å². The molecule has 2 aliphatic heterocycles. The van der Waals surface area contributed by atoms with Gasteiger partial charge in [-0.25, -0.2) is 19.6 Å². The SMILES string of the molecule is CNC(=O)N(C)C(=O)NC(C(=O)NC1C(=O)N2CC(C(=O)O)(C(C)Sc3nnn[nH]3)CS[C@H]12)c1cc(Cl)c(O)c(Cl)c1. The average molecular weight is 663 g/mol. The van der Waals surface area contributed by atoms with Gasteiger partial charge in [0.1, 0.15) is 22.9 Å². The molecule has 1 aromatic heterocycles. The number of phenols is 1. The second kappa shape index (κ2) is 12.4. The Morgan fingerprint density at radius 3 is 2.50 bits per heavy atom. The van der Waals surface area contributed by atoms with Gasteiger partial charge in [-0.15, -0.1) is 16.9 Å². The Hall–Kier alpha value is -3.48. The van der Waals surface area contributed by atoms with Crippen molar-refractivity contribution in [3.63, 3.8) is 0 Å². The quantitative estimate of drug-likeness (QED) is 0.171. The van der Waals surface area contributed by atoms with Gasteiger partial charge in [-0.2, -0.15) is 0 Å². The predicted molar refractivity (Wildman–Crippen MR) is 151 cm³/mol. The molecule has 0 bridgehead atoms. The highest BCUT2D eigenvalue weighted by Crippen LogP contribution is 2.47. The van der Waals surface area contributed by atoms with Gasteiger partial charge in [-0.3, -0.25) is 14.4 Å². The Labute approximate surface area is 256 Å². The lowest BCUT2D eigenvalue weighted by molar-refractivity contribution is -0.158. The van der Waals surface area contributed by atoms with Crippen molar-refractivity contribution in [2.45, 2.75) is 34.8 Å². The minimum Gasteiger partial charge on any atom is -0.505 e. The number of amides is 6. The number of aromatic amines is 1. The molecule has 16 nitrogen and oxygen atoms in total. The first-order valence-electron chi connectivity index (χ1n) is 12.1. The number of aliphatic carboxylic acids is 1. The number of carboxylic acids is 1. The van der Waals surface area contributed by atoms with Crippen LogP contribution in [0, 0.1) is 5.41 Å². The number of tetrazole rings is 1. The first-order valence-corrected chi connectivity index (χ1v) is 14.8. The molecule has 2 aromatic rings. The van der Waals surface area contributed by atoms with Crippen molar-refractivity contribution in [2.24, 2.45) is 5.41 Å². The van der Waals surface area contributed by atoms with Gasteiger partial charge >= 0.3 is 18.0 Å². The van der Waals surface area contributed by atoms with E-state index < -0.39 is 63.7 Å². The number of aromatic hydroxyl groups is 1. The minimum absolute atomic E-state index is 0.0662. The second-order valence-electron chi connectivity index (χ2n) is 9.41. The number of halogens is 2. The van der Waals surface area contributed by atoms with Crippen molar-refractivity contribution < 1.29 is 34.2 Å². The molecular formula is C22H25Cl2N9O7S2. The van der Waals surface area contributed by atoms with Crippen LogP contribution in [0.2, 0.25) is 10.0 Å². The van der Waals surface area contributed by atoms with Gasteiger partial charge in [0.05, 0.1) is 10.0 Å². The lowest BCUT2D eigenvalue weighted by Crippen LogP contribution is -2.75. The number of imide groups is 1. The molecular weight excluding hydrogens is 637 g/mol. The van der Waals surface area contributed by atoms with E-state index in [-0.39, 0.29) is 27.9 Å². The number of nitrogens with zero attached hydrogens (tertiary/aromatic N) is 5. The number of carboxylic acid groups (broad SMARTS) is 1. The summed E-state index contributed by atoms with van der Waals surface area (Å²) in [6.07, 6.45) is 0. The fourth-order valence-corrected chi connectivity index (χ4v) is 7.67. The molecule has 3 heterocycles. The van der Waals surface area contributed by atoms with Gasteiger partial charge in [0.25, 0.3) is 0 Å². The van der Waals surface area contributed by atoms with Crippen LogP contribution >= 0.6 is 46.7 Å². The normalized spacial score (nSPS) is 22.7. The van der Waals surface area contributed by atoms with E-state index in [4.69, 9.17) is 23.2 Å². The van der Waals surface area contributed by atoms with Gasteiger partial charge in [0, 0.05) is 31.6 Å². The summed E-state index contributed by atoms with van der Waals surface area (Å²) in [6.45, 7) is 1.60. The van der Waals surface area contributed by atoms with Crippen molar-refractivity contribution >= 4 is 76.6 Å². The molecule has 0 saturated carbocycles. The molecule has 0 aliphatic carbocycles. The van der Waals surface area contributed by atoms with Crippen molar-refractivity contribution in [3.8, 4) is 5.75 Å².